The van der Waals surface area contributed by atoms with Gasteiger partial charge in [0.25, 0.3) is 5.91 Å². The van der Waals surface area contributed by atoms with Crippen LogP contribution in [-0.2, 0) is 7.05 Å². The summed E-state index contributed by atoms with van der Waals surface area (Å²) >= 11 is 0. The van der Waals surface area contributed by atoms with Gasteiger partial charge < -0.3 is 11.1 Å². The summed E-state index contributed by atoms with van der Waals surface area (Å²) in [5.74, 6) is 0.308. The molecule has 17 heavy (non-hydrogen) atoms. The van der Waals surface area contributed by atoms with Crippen LogP contribution >= 0.6 is 0 Å². The molecular formula is C12H22N4O. The molecular weight excluding hydrogens is 216 g/mol. The van der Waals surface area contributed by atoms with Crippen molar-refractivity contribution in [3.63, 3.8) is 0 Å². The predicted octanol–water partition coefficient (Wildman–Crippen LogP) is 0.832. The highest BCUT2D eigenvalue weighted by Gasteiger charge is 2.19. The first kappa shape index (κ1) is 13.7. The Kier molecular flexibility index (Phi) is 4.69. The van der Waals surface area contributed by atoms with E-state index in [9.17, 15) is 4.79 Å². The lowest BCUT2D eigenvalue weighted by molar-refractivity contribution is 0.0923. The number of rotatable bonds is 5. The minimum Gasteiger partial charge on any atom is -0.349 e. The molecule has 0 spiro atoms. The number of carbonyl (C=O) groups excluding carboxylic acids is 1. The van der Waals surface area contributed by atoms with Gasteiger partial charge in [-0.1, -0.05) is 13.8 Å². The lowest BCUT2D eigenvalue weighted by Crippen LogP contribution is -2.40. The highest BCUT2D eigenvalue weighted by Crippen LogP contribution is 2.09. The molecule has 1 unspecified atom stereocenters. The molecule has 1 amide bonds. The van der Waals surface area contributed by atoms with Gasteiger partial charge in [-0.25, -0.2) is 0 Å². The second-order valence-electron chi connectivity index (χ2n) is 4.67. The number of nitrogens with one attached hydrogen (secondary N) is 1. The normalized spacial score (nSPS) is 12.8. The van der Waals surface area contributed by atoms with Crippen molar-refractivity contribution in [2.45, 2.75) is 33.2 Å². The quantitative estimate of drug-likeness (QED) is 0.798. The molecule has 5 heteroatoms. The molecule has 0 aliphatic rings. The molecule has 0 saturated heterocycles. The third kappa shape index (κ3) is 3.30. The fraction of sp³-hybridized carbons (Fsp3) is 0.667. The van der Waals surface area contributed by atoms with Crippen LogP contribution in [0.25, 0.3) is 0 Å². The Labute approximate surface area is 102 Å². The highest BCUT2D eigenvalue weighted by molar-refractivity contribution is 5.95. The summed E-state index contributed by atoms with van der Waals surface area (Å²) in [7, 11) is 1.83. The molecule has 3 N–H and O–H groups in total. The number of aryl methyl sites for hydroxylation is 1. The lowest BCUT2D eigenvalue weighted by atomic mass is 10.0. The van der Waals surface area contributed by atoms with Crippen LogP contribution in [0, 0.1) is 12.8 Å². The van der Waals surface area contributed by atoms with E-state index in [1.54, 1.807) is 10.9 Å². The van der Waals surface area contributed by atoms with Gasteiger partial charge in [-0.3, -0.25) is 9.48 Å². The molecule has 0 radical (unpaired) electrons. The van der Waals surface area contributed by atoms with E-state index in [0.717, 1.165) is 12.1 Å². The average Bonchev–Trinajstić information content (AvgIpc) is 2.59. The van der Waals surface area contributed by atoms with Gasteiger partial charge in [-0.15, -0.1) is 0 Å². The predicted molar refractivity (Wildman–Crippen MR) is 67.7 cm³/mol. The second-order valence-corrected chi connectivity index (χ2v) is 4.67. The van der Waals surface area contributed by atoms with Gasteiger partial charge in [0.2, 0.25) is 0 Å². The molecule has 1 aromatic heterocycles. The molecule has 0 bridgehead atoms. The molecule has 96 valence electrons. The second kappa shape index (κ2) is 5.82. The van der Waals surface area contributed by atoms with Crippen molar-refractivity contribution in [2.75, 3.05) is 6.54 Å². The number of hydrogen-bond acceptors (Lipinski definition) is 3. The Hall–Kier alpha value is -1.36. The molecule has 0 aliphatic heterocycles. The van der Waals surface area contributed by atoms with E-state index in [2.05, 4.69) is 24.3 Å². The standard InChI is InChI=1S/C12H22N4O/c1-8(2)11(5-6-13)15-12(17)10-7-14-16(4)9(10)3/h7-8,11H,5-6,13H2,1-4H3,(H,15,17). The number of carbonyl (C=O) groups is 1. The summed E-state index contributed by atoms with van der Waals surface area (Å²) in [6.45, 7) is 6.62. The van der Waals surface area contributed by atoms with Crippen molar-refractivity contribution in [1.82, 2.24) is 15.1 Å². The monoisotopic (exact) mass is 238 g/mol. The Balaban J connectivity index is 2.74. The van der Waals surface area contributed by atoms with Crippen molar-refractivity contribution in [2.24, 2.45) is 18.7 Å². The molecule has 5 nitrogen and oxygen atoms in total. The van der Waals surface area contributed by atoms with E-state index in [1.807, 2.05) is 14.0 Å². The first-order valence-corrected chi connectivity index (χ1v) is 5.97. The van der Waals surface area contributed by atoms with Crippen LogP contribution in [0.4, 0.5) is 0 Å². The van der Waals surface area contributed by atoms with Crippen LogP contribution in [0.3, 0.4) is 0 Å². The Morgan fingerprint density at radius 3 is 2.65 bits per heavy atom. The third-order valence-corrected chi connectivity index (χ3v) is 3.08. The summed E-state index contributed by atoms with van der Waals surface area (Å²) in [6, 6.07) is 0.118. The maximum Gasteiger partial charge on any atom is 0.254 e. The van der Waals surface area contributed by atoms with Crippen LogP contribution in [0.1, 0.15) is 36.3 Å². The summed E-state index contributed by atoms with van der Waals surface area (Å²) in [4.78, 5) is 12.1. The Morgan fingerprint density at radius 2 is 2.24 bits per heavy atom. The number of hydrogen-bond donors (Lipinski definition) is 2. The van der Waals surface area contributed by atoms with Crippen LogP contribution in [-0.4, -0.2) is 28.3 Å². The fourth-order valence-electron chi connectivity index (χ4n) is 1.72. The molecule has 0 fully saturated rings. The number of nitrogens with two attached hydrogens (primary N) is 1. The van der Waals surface area contributed by atoms with Crippen LogP contribution < -0.4 is 11.1 Å². The van der Waals surface area contributed by atoms with Gasteiger partial charge in [-0.05, 0) is 25.8 Å². The Bertz CT molecular complexity index is 384. The van der Waals surface area contributed by atoms with E-state index in [-0.39, 0.29) is 11.9 Å². The smallest absolute Gasteiger partial charge is 0.254 e. The van der Waals surface area contributed by atoms with Gasteiger partial charge in [0, 0.05) is 18.8 Å². The maximum atomic E-state index is 12.1. The summed E-state index contributed by atoms with van der Waals surface area (Å²) < 4.78 is 1.70. The number of amides is 1. The minimum atomic E-state index is -0.0669. The Morgan fingerprint density at radius 1 is 1.59 bits per heavy atom. The van der Waals surface area contributed by atoms with Crippen LogP contribution in [0.2, 0.25) is 0 Å². The third-order valence-electron chi connectivity index (χ3n) is 3.08. The van der Waals surface area contributed by atoms with Gasteiger partial charge >= 0.3 is 0 Å². The zero-order valence-electron chi connectivity index (χ0n) is 11.0. The minimum absolute atomic E-state index is 0.0669. The van der Waals surface area contributed by atoms with Gasteiger partial charge in [-0.2, -0.15) is 5.10 Å². The molecule has 1 rings (SSSR count). The van der Waals surface area contributed by atoms with Gasteiger partial charge in [0.05, 0.1) is 11.8 Å². The molecule has 0 aliphatic carbocycles. The maximum absolute atomic E-state index is 12.1. The van der Waals surface area contributed by atoms with Crippen molar-refractivity contribution < 1.29 is 4.79 Å². The van der Waals surface area contributed by atoms with E-state index in [0.29, 0.717) is 18.0 Å². The zero-order valence-corrected chi connectivity index (χ0v) is 11.0. The largest absolute Gasteiger partial charge is 0.349 e. The SMILES string of the molecule is Cc1c(C(=O)NC(CCN)C(C)C)cnn1C. The fourth-order valence-corrected chi connectivity index (χ4v) is 1.72. The number of aromatic nitrogens is 2. The van der Waals surface area contributed by atoms with Crippen LogP contribution in [0.15, 0.2) is 6.20 Å². The van der Waals surface area contributed by atoms with Crippen molar-refractivity contribution in [1.29, 1.82) is 0 Å². The van der Waals surface area contributed by atoms with E-state index in [4.69, 9.17) is 5.73 Å². The summed E-state index contributed by atoms with van der Waals surface area (Å²) in [5.41, 5.74) is 7.06. The summed E-state index contributed by atoms with van der Waals surface area (Å²) in [6.07, 6.45) is 2.40. The van der Waals surface area contributed by atoms with Gasteiger partial charge in [0.15, 0.2) is 0 Å². The lowest BCUT2D eigenvalue weighted by Gasteiger charge is -2.21. The number of nitrogens with zero attached hydrogens (tertiary/aromatic N) is 2. The van der Waals surface area contributed by atoms with Crippen molar-refractivity contribution in [3.8, 4) is 0 Å². The van der Waals surface area contributed by atoms with Crippen molar-refractivity contribution >= 4 is 5.91 Å². The summed E-state index contributed by atoms with van der Waals surface area (Å²) in [5, 5.41) is 7.08. The van der Waals surface area contributed by atoms with E-state index >= 15 is 0 Å². The molecule has 1 atom stereocenters. The molecule has 1 heterocycles. The van der Waals surface area contributed by atoms with E-state index in [1.165, 1.54) is 0 Å². The van der Waals surface area contributed by atoms with Gasteiger partial charge in [0.1, 0.15) is 0 Å². The molecule has 1 aromatic rings. The highest BCUT2D eigenvalue weighted by atomic mass is 16.1. The average molecular weight is 238 g/mol. The topological polar surface area (TPSA) is 72.9 Å². The first-order valence-electron chi connectivity index (χ1n) is 5.97. The first-order chi connectivity index (χ1) is 7.97. The van der Waals surface area contributed by atoms with E-state index < -0.39 is 0 Å². The molecule has 0 aromatic carbocycles. The van der Waals surface area contributed by atoms with Crippen LogP contribution in [0.5, 0.6) is 0 Å². The molecule has 0 saturated carbocycles. The van der Waals surface area contributed by atoms with Crippen molar-refractivity contribution in [3.05, 3.63) is 17.5 Å². The zero-order chi connectivity index (χ0) is 13.0.